The Hall–Kier alpha value is -0.610. The van der Waals surface area contributed by atoms with Gasteiger partial charge in [0, 0.05) is 19.2 Å². The van der Waals surface area contributed by atoms with E-state index in [1.807, 2.05) is 6.92 Å². The van der Waals surface area contributed by atoms with Crippen LogP contribution in [0.2, 0.25) is 0 Å². The van der Waals surface area contributed by atoms with Gasteiger partial charge in [0.2, 0.25) is 5.91 Å². The Morgan fingerprint density at radius 3 is 2.82 bits per heavy atom. The minimum absolute atomic E-state index is 0.188. The molecule has 0 aliphatic carbocycles. The van der Waals surface area contributed by atoms with Crippen molar-refractivity contribution >= 4 is 5.91 Å². The molecule has 0 aromatic carbocycles. The van der Waals surface area contributed by atoms with E-state index in [1.165, 1.54) is 19.3 Å². The van der Waals surface area contributed by atoms with E-state index in [4.69, 9.17) is 4.74 Å². The van der Waals surface area contributed by atoms with Crippen molar-refractivity contribution in [3.05, 3.63) is 0 Å². The largest absolute Gasteiger partial charge is 0.372 e. The molecule has 0 spiro atoms. The molecule has 17 heavy (non-hydrogen) atoms. The van der Waals surface area contributed by atoms with Crippen LogP contribution in [0.15, 0.2) is 0 Å². The van der Waals surface area contributed by atoms with Gasteiger partial charge in [0.1, 0.15) is 6.61 Å². The molecule has 98 valence electrons. The van der Waals surface area contributed by atoms with Crippen LogP contribution in [0, 0.1) is 5.92 Å². The Balaban J connectivity index is 1.89. The van der Waals surface area contributed by atoms with Crippen LogP contribution in [0.4, 0.5) is 0 Å². The zero-order chi connectivity index (χ0) is 12.1. The highest BCUT2D eigenvalue weighted by molar-refractivity contribution is 5.78. The number of carbonyl (C=O) groups is 1. The average Bonchev–Trinajstić information content (AvgIpc) is 2.86. The van der Waals surface area contributed by atoms with Crippen LogP contribution < -0.4 is 5.32 Å². The molecule has 4 heteroatoms. The van der Waals surface area contributed by atoms with Gasteiger partial charge in [-0.1, -0.05) is 0 Å². The molecule has 0 bridgehead atoms. The smallest absolute Gasteiger partial charge is 0.248 e. The second kappa shape index (κ2) is 6.36. The van der Waals surface area contributed by atoms with Crippen LogP contribution in [0.1, 0.15) is 32.6 Å². The summed E-state index contributed by atoms with van der Waals surface area (Å²) in [5.41, 5.74) is 0. The second-order valence-electron chi connectivity index (χ2n) is 5.02. The Bertz CT molecular complexity index is 252. The Morgan fingerprint density at radius 2 is 2.12 bits per heavy atom. The summed E-state index contributed by atoms with van der Waals surface area (Å²) >= 11 is 0. The Labute approximate surface area is 104 Å². The molecule has 2 aliphatic rings. The van der Waals surface area contributed by atoms with Crippen LogP contribution in [-0.4, -0.2) is 49.7 Å². The average molecular weight is 240 g/mol. The molecular weight excluding hydrogens is 216 g/mol. The molecular formula is C13H24N2O2. The lowest BCUT2D eigenvalue weighted by Gasteiger charge is -2.34. The first-order chi connectivity index (χ1) is 8.33. The lowest BCUT2D eigenvalue weighted by Crippen LogP contribution is -2.45. The zero-order valence-corrected chi connectivity index (χ0v) is 10.8. The van der Waals surface area contributed by atoms with E-state index in [-0.39, 0.29) is 12.5 Å². The monoisotopic (exact) mass is 240 g/mol. The van der Waals surface area contributed by atoms with Crippen molar-refractivity contribution in [2.75, 3.05) is 32.8 Å². The third kappa shape index (κ3) is 3.19. The SMILES string of the molecule is CCOCC(=O)N1CCCC1C1CCNCC1. The van der Waals surface area contributed by atoms with E-state index in [0.29, 0.717) is 18.6 Å². The zero-order valence-electron chi connectivity index (χ0n) is 10.8. The van der Waals surface area contributed by atoms with Crippen molar-refractivity contribution in [2.24, 2.45) is 5.92 Å². The number of rotatable bonds is 4. The van der Waals surface area contributed by atoms with Crippen LogP contribution in [-0.2, 0) is 9.53 Å². The first kappa shape index (κ1) is 12.8. The van der Waals surface area contributed by atoms with Crippen molar-refractivity contribution in [1.82, 2.24) is 10.2 Å². The molecule has 2 aliphatic heterocycles. The van der Waals surface area contributed by atoms with Crippen molar-refractivity contribution in [1.29, 1.82) is 0 Å². The molecule has 2 heterocycles. The van der Waals surface area contributed by atoms with E-state index in [9.17, 15) is 4.79 Å². The molecule has 2 rings (SSSR count). The van der Waals surface area contributed by atoms with E-state index >= 15 is 0 Å². The molecule has 1 unspecified atom stereocenters. The van der Waals surface area contributed by atoms with Crippen LogP contribution in [0.25, 0.3) is 0 Å². The van der Waals surface area contributed by atoms with Gasteiger partial charge in [0.25, 0.3) is 0 Å². The van der Waals surface area contributed by atoms with E-state index in [0.717, 1.165) is 26.1 Å². The summed E-state index contributed by atoms with van der Waals surface area (Å²) in [4.78, 5) is 14.1. The molecule has 4 nitrogen and oxygen atoms in total. The van der Waals surface area contributed by atoms with E-state index in [1.54, 1.807) is 0 Å². The standard InChI is InChI=1S/C13H24N2O2/c1-2-17-10-13(16)15-9-3-4-12(15)11-5-7-14-8-6-11/h11-12,14H,2-10H2,1H3. The topological polar surface area (TPSA) is 41.6 Å². The van der Waals surface area contributed by atoms with Gasteiger partial charge in [-0.3, -0.25) is 4.79 Å². The predicted octanol–water partition coefficient (Wildman–Crippen LogP) is 1.01. The fraction of sp³-hybridized carbons (Fsp3) is 0.923. The first-order valence-electron chi connectivity index (χ1n) is 6.91. The number of ether oxygens (including phenoxy) is 1. The third-order valence-electron chi connectivity index (χ3n) is 3.98. The first-order valence-corrected chi connectivity index (χ1v) is 6.91. The summed E-state index contributed by atoms with van der Waals surface area (Å²) in [7, 11) is 0. The number of nitrogens with zero attached hydrogens (tertiary/aromatic N) is 1. The van der Waals surface area contributed by atoms with Gasteiger partial charge in [0.15, 0.2) is 0 Å². The normalized spacial score (nSPS) is 26.4. The fourth-order valence-corrected chi connectivity index (χ4v) is 3.09. The van der Waals surface area contributed by atoms with Gasteiger partial charge in [0.05, 0.1) is 0 Å². The highest BCUT2D eigenvalue weighted by Crippen LogP contribution is 2.29. The second-order valence-corrected chi connectivity index (χ2v) is 5.02. The maximum Gasteiger partial charge on any atom is 0.248 e. The number of amides is 1. The van der Waals surface area contributed by atoms with Gasteiger partial charge in [-0.2, -0.15) is 0 Å². The van der Waals surface area contributed by atoms with E-state index in [2.05, 4.69) is 10.2 Å². The minimum Gasteiger partial charge on any atom is -0.372 e. The molecule has 0 saturated carbocycles. The predicted molar refractivity (Wildman–Crippen MR) is 66.8 cm³/mol. The Kier molecular flexibility index (Phi) is 4.80. The summed E-state index contributed by atoms with van der Waals surface area (Å²) in [5.74, 6) is 0.886. The molecule has 2 saturated heterocycles. The van der Waals surface area contributed by atoms with Crippen molar-refractivity contribution in [3.8, 4) is 0 Å². The van der Waals surface area contributed by atoms with Crippen LogP contribution in [0.3, 0.4) is 0 Å². The van der Waals surface area contributed by atoms with Gasteiger partial charge < -0.3 is 15.0 Å². The Morgan fingerprint density at radius 1 is 1.35 bits per heavy atom. The van der Waals surface area contributed by atoms with Crippen LogP contribution >= 0.6 is 0 Å². The lowest BCUT2D eigenvalue weighted by atomic mass is 9.89. The molecule has 0 aromatic rings. The summed E-state index contributed by atoms with van der Waals surface area (Å²) in [5, 5.41) is 3.39. The molecule has 0 aromatic heterocycles. The number of piperidine rings is 1. The molecule has 0 radical (unpaired) electrons. The van der Waals surface area contributed by atoms with Gasteiger partial charge in [-0.15, -0.1) is 0 Å². The van der Waals surface area contributed by atoms with Crippen molar-refractivity contribution < 1.29 is 9.53 Å². The summed E-state index contributed by atoms with van der Waals surface area (Å²) in [6.07, 6.45) is 4.77. The van der Waals surface area contributed by atoms with Crippen molar-refractivity contribution in [3.63, 3.8) is 0 Å². The van der Waals surface area contributed by atoms with Crippen LogP contribution in [0.5, 0.6) is 0 Å². The quantitative estimate of drug-likeness (QED) is 0.797. The summed E-state index contributed by atoms with van der Waals surface area (Å²) < 4.78 is 5.24. The number of nitrogens with one attached hydrogen (secondary N) is 1. The highest BCUT2D eigenvalue weighted by Gasteiger charge is 2.34. The number of hydrogen-bond acceptors (Lipinski definition) is 3. The van der Waals surface area contributed by atoms with Gasteiger partial charge in [-0.25, -0.2) is 0 Å². The number of likely N-dealkylation sites (tertiary alicyclic amines) is 1. The van der Waals surface area contributed by atoms with E-state index < -0.39 is 0 Å². The minimum atomic E-state index is 0.188. The summed E-state index contributed by atoms with van der Waals surface area (Å²) in [6.45, 7) is 5.96. The lowest BCUT2D eigenvalue weighted by molar-refractivity contribution is -0.137. The highest BCUT2D eigenvalue weighted by atomic mass is 16.5. The molecule has 1 amide bonds. The maximum atomic E-state index is 12.0. The molecule has 1 atom stereocenters. The fourth-order valence-electron chi connectivity index (χ4n) is 3.09. The van der Waals surface area contributed by atoms with Gasteiger partial charge >= 0.3 is 0 Å². The number of hydrogen-bond donors (Lipinski definition) is 1. The third-order valence-corrected chi connectivity index (χ3v) is 3.98. The maximum absolute atomic E-state index is 12.0. The molecule has 1 N–H and O–H groups in total. The summed E-state index contributed by atoms with van der Waals surface area (Å²) in [6, 6.07) is 0.477. The van der Waals surface area contributed by atoms with Gasteiger partial charge in [-0.05, 0) is 51.6 Å². The number of carbonyl (C=O) groups excluding carboxylic acids is 1. The molecule has 2 fully saturated rings. The van der Waals surface area contributed by atoms with Crippen molar-refractivity contribution in [2.45, 2.75) is 38.6 Å².